The largest absolute Gasteiger partial charge is 0.480 e. The van der Waals surface area contributed by atoms with Crippen molar-refractivity contribution in [3.63, 3.8) is 0 Å². The minimum atomic E-state index is -0.745. The first-order valence-electron chi connectivity index (χ1n) is 7.67. The maximum absolute atomic E-state index is 11.4. The molecule has 0 aliphatic heterocycles. The number of rotatable bonds is 11. The molecule has 1 unspecified atom stereocenters. The van der Waals surface area contributed by atoms with E-state index in [1.54, 1.807) is 0 Å². The maximum Gasteiger partial charge on any atom is 0.323 e. The van der Waals surface area contributed by atoms with Gasteiger partial charge in [0.05, 0.1) is 0 Å². The summed E-state index contributed by atoms with van der Waals surface area (Å²) >= 11 is 0. The van der Waals surface area contributed by atoms with Crippen LogP contribution in [0.5, 0.6) is 0 Å². The van der Waals surface area contributed by atoms with Crippen LogP contribution in [0.3, 0.4) is 0 Å². The third kappa shape index (κ3) is 6.39. The van der Waals surface area contributed by atoms with Crippen LogP contribution in [0.15, 0.2) is 0 Å². The van der Waals surface area contributed by atoms with Gasteiger partial charge in [0.15, 0.2) is 0 Å². The lowest BCUT2D eigenvalue weighted by Crippen LogP contribution is -2.50. The van der Waals surface area contributed by atoms with Gasteiger partial charge in [-0.15, -0.1) is 0 Å². The van der Waals surface area contributed by atoms with Crippen molar-refractivity contribution < 1.29 is 9.90 Å². The lowest BCUT2D eigenvalue weighted by atomic mass is 9.95. The fourth-order valence-electron chi connectivity index (χ4n) is 2.37. The molecule has 1 atom stereocenters. The SMILES string of the molecule is CCCCCN(C)CCCC(C)(NC1CC1)C(=O)O. The van der Waals surface area contributed by atoms with E-state index >= 15 is 0 Å². The Kier molecular flexibility index (Phi) is 6.80. The molecule has 19 heavy (non-hydrogen) atoms. The van der Waals surface area contributed by atoms with Crippen LogP contribution < -0.4 is 5.32 Å². The molecular weight excluding hydrogens is 240 g/mol. The quantitative estimate of drug-likeness (QED) is 0.566. The van der Waals surface area contributed by atoms with Crippen molar-refractivity contribution in [1.29, 1.82) is 0 Å². The first kappa shape index (κ1) is 16.4. The van der Waals surface area contributed by atoms with Crippen LogP contribution in [0.2, 0.25) is 0 Å². The Balaban J connectivity index is 2.22. The van der Waals surface area contributed by atoms with Gasteiger partial charge in [-0.2, -0.15) is 0 Å². The molecule has 0 saturated heterocycles. The van der Waals surface area contributed by atoms with Gasteiger partial charge in [0.25, 0.3) is 0 Å². The van der Waals surface area contributed by atoms with E-state index in [2.05, 4.69) is 24.2 Å². The Morgan fingerprint density at radius 2 is 1.95 bits per heavy atom. The van der Waals surface area contributed by atoms with E-state index in [1.807, 2.05) is 6.92 Å². The first-order valence-corrected chi connectivity index (χ1v) is 7.67. The van der Waals surface area contributed by atoms with Crippen molar-refractivity contribution in [2.45, 2.75) is 70.4 Å². The number of hydrogen-bond donors (Lipinski definition) is 2. The molecule has 1 aliphatic rings. The highest BCUT2D eigenvalue weighted by atomic mass is 16.4. The molecule has 0 radical (unpaired) electrons. The summed E-state index contributed by atoms with van der Waals surface area (Å²) in [5.74, 6) is -0.715. The average molecular weight is 270 g/mol. The zero-order valence-electron chi connectivity index (χ0n) is 12.7. The number of aliphatic carboxylic acids is 1. The molecule has 0 heterocycles. The molecule has 1 saturated carbocycles. The van der Waals surface area contributed by atoms with Crippen LogP contribution in [0.1, 0.15) is 58.8 Å². The smallest absolute Gasteiger partial charge is 0.323 e. The van der Waals surface area contributed by atoms with Crippen molar-refractivity contribution in [2.24, 2.45) is 0 Å². The van der Waals surface area contributed by atoms with E-state index in [1.165, 1.54) is 19.3 Å². The Morgan fingerprint density at radius 1 is 1.32 bits per heavy atom. The highest BCUT2D eigenvalue weighted by Gasteiger charge is 2.37. The molecule has 0 aromatic rings. The van der Waals surface area contributed by atoms with Crippen LogP contribution >= 0.6 is 0 Å². The second-order valence-electron chi connectivity index (χ2n) is 6.17. The number of carboxylic acid groups (broad SMARTS) is 1. The predicted octanol–water partition coefficient (Wildman–Crippen LogP) is 2.48. The maximum atomic E-state index is 11.4. The highest BCUT2D eigenvalue weighted by Crippen LogP contribution is 2.25. The zero-order valence-corrected chi connectivity index (χ0v) is 12.7. The van der Waals surface area contributed by atoms with Gasteiger partial charge in [-0.05, 0) is 59.2 Å². The lowest BCUT2D eigenvalue weighted by Gasteiger charge is -2.27. The summed E-state index contributed by atoms with van der Waals surface area (Å²) < 4.78 is 0. The Hall–Kier alpha value is -0.610. The van der Waals surface area contributed by atoms with E-state index in [0.29, 0.717) is 12.5 Å². The first-order chi connectivity index (χ1) is 8.98. The standard InChI is InChI=1S/C15H30N2O2/c1-4-5-6-11-17(3)12-7-10-15(2,14(18)19)16-13-8-9-13/h13,16H,4-12H2,1-3H3,(H,18,19). The molecular formula is C15H30N2O2. The van der Waals surface area contributed by atoms with Gasteiger partial charge in [0, 0.05) is 6.04 Å². The van der Waals surface area contributed by atoms with Gasteiger partial charge in [-0.25, -0.2) is 0 Å². The molecule has 1 aliphatic carbocycles. The number of carboxylic acids is 1. The third-order valence-corrected chi connectivity index (χ3v) is 3.93. The van der Waals surface area contributed by atoms with Crippen molar-refractivity contribution >= 4 is 5.97 Å². The molecule has 4 heteroatoms. The minimum Gasteiger partial charge on any atom is -0.480 e. The second-order valence-corrected chi connectivity index (χ2v) is 6.17. The second kappa shape index (κ2) is 7.85. The van der Waals surface area contributed by atoms with E-state index in [-0.39, 0.29) is 0 Å². The predicted molar refractivity (Wildman–Crippen MR) is 78.5 cm³/mol. The summed E-state index contributed by atoms with van der Waals surface area (Å²) in [6.07, 6.45) is 7.65. The van der Waals surface area contributed by atoms with Gasteiger partial charge < -0.3 is 10.0 Å². The Labute approximate surface area is 117 Å². The topological polar surface area (TPSA) is 52.6 Å². The number of nitrogens with zero attached hydrogens (tertiary/aromatic N) is 1. The molecule has 0 aromatic carbocycles. The van der Waals surface area contributed by atoms with E-state index in [9.17, 15) is 9.90 Å². The average Bonchev–Trinajstić information content (AvgIpc) is 3.13. The summed E-state index contributed by atoms with van der Waals surface area (Å²) in [6.45, 7) is 6.14. The van der Waals surface area contributed by atoms with Crippen LogP contribution in [0, 0.1) is 0 Å². The molecule has 0 amide bonds. The van der Waals surface area contributed by atoms with Gasteiger partial charge in [0.2, 0.25) is 0 Å². The Bertz CT molecular complexity index is 279. The molecule has 2 N–H and O–H groups in total. The summed E-state index contributed by atoms with van der Waals surface area (Å²) in [5.41, 5.74) is -0.745. The number of nitrogens with one attached hydrogen (secondary N) is 1. The van der Waals surface area contributed by atoms with Crippen LogP contribution in [0.25, 0.3) is 0 Å². The summed E-state index contributed by atoms with van der Waals surface area (Å²) in [4.78, 5) is 13.7. The molecule has 112 valence electrons. The normalized spacial score (nSPS) is 18.5. The van der Waals surface area contributed by atoms with Gasteiger partial charge in [-0.1, -0.05) is 19.8 Å². The minimum absolute atomic E-state index is 0.434. The Morgan fingerprint density at radius 3 is 2.47 bits per heavy atom. The number of hydrogen-bond acceptors (Lipinski definition) is 3. The lowest BCUT2D eigenvalue weighted by molar-refractivity contribution is -0.144. The van der Waals surface area contributed by atoms with E-state index in [4.69, 9.17) is 0 Å². The summed E-state index contributed by atoms with van der Waals surface area (Å²) in [7, 11) is 2.13. The fourth-order valence-corrected chi connectivity index (χ4v) is 2.37. The van der Waals surface area contributed by atoms with E-state index < -0.39 is 11.5 Å². The highest BCUT2D eigenvalue weighted by molar-refractivity contribution is 5.78. The van der Waals surface area contributed by atoms with Crippen molar-refractivity contribution in [2.75, 3.05) is 20.1 Å². The fraction of sp³-hybridized carbons (Fsp3) is 0.933. The van der Waals surface area contributed by atoms with Crippen LogP contribution in [0.4, 0.5) is 0 Å². The number of carbonyl (C=O) groups is 1. The molecule has 0 bridgehead atoms. The summed E-state index contributed by atoms with van der Waals surface area (Å²) in [5, 5.41) is 12.6. The van der Waals surface area contributed by atoms with Crippen LogP contribution in [-0.4, -0.2) is 47.7 Å². The van der Waals surface area contributed by atoms with Crippen molar-refractivity contribution in [3.8, 4) is 0 Å². The molecule has 0 spiro atoms. The monoisotopic (exact) mass is 270 g/mol. The van der Waals surface area contributed by atoms with Gasteiger partial charge in [0.1, 0.15) is 5.54 Å². The van der Waals surface area contributed by atoms with Crippen molar-refractivity contribution in [3.05, 3.63) is 0 Å². The van der Waals surface area contributed by atoms with Gasteiger partial charge >= 0.3 is 5.97 Å². The van der Waals surface area contributed by atoms with Gasteiger partial charge in [-0.3, -0.25) is 10.1 Å². The summed E-state index contributed by atoms with van der Waals surface area (Å²) in [6, 6.07) is 0.434. The van der Waals surface area contributed by atoms with Crippen molar-refractivity contribution in [1.82, 2.24) is 10.2 Å². The molecule has 1 rings (SSSR count). The molecule has 0 aromatic heterocycles. The van der Waals surface area contributed by atoms with E-state index in [0.717, 1.165) is 32.4 Å². The number of unbranched alkanes of at least 4 members (excludes halogenated alkanes) is 2. The zero-order chi connectivity index (χ0) is 14.3. The molecule has 4 nitrogen and oxygen atoms in total. The van der Waals surface area contributed by atoms with Crippen LogP contribution in [-0.2, 0) is 4.79 Å². The third-order valence-electron chi connectivity index (χ3n) is 3.93. The molecule has 1 fully saturated rings.